The number of aromatic nitrogens is 1. The predicted octanol–water partition coefficient (Wildman–Crippen LogP) is 3.56. The average molecular weight is 264 g/mol. The van der Waals surface area contributed by atoms with Gasteiger partial charge in [0.05, 0.1) is 11.2 Å². The molecular weight excluding hydrogens is 247 g/mol. The fraction of sp³-hybridized carbons (Fsp3) is 0.357. The normalized spacial score (nSPS) is 14.4. The Labute approximate surface area is 111 Å². The SMILES string of the molecule is CC(Cc1ccc(F)cc1)NC(C)c1cscn1. The van der Waals surface area contributed by atoms with E-state index in [1.54, 1.807) is 11.3 Å². The van der Waals surface area contributed by atoms with Crippen LogP contribution in [0.1, 0.15) is 31.1 Å². The van der Waals surface area contributed by atoms with Gasteiger partial charge in [0.2, 0.25) is 0 Å². The van der Waals surface area contributed by atoms with E-state index in [0.29, 0.717) is 6.04 Å². The molecule has 2 rings (SSSR count). The van der Waals surface area contributed by atoms with E-state index in [-0.39, 0.29) is 11.9 Å². The van der Waals surface area contributed by atoms with Crippen LogP contribution in [0.3, 0.4) is 0 Å². The summed E-state index contributed by atoms with van der Waals surface area (Å²) < 4.78 is 12.8. The van der Waals surface area contributed by atoms with E-state index in [1.807, 2.05) is 17.6 Å². The Balaban J connectivity index is 1.88. The van der Waals surface area contributed by atoms with Crippen molar-refractivity contribution < 1.29 is 4.39 Å². The maximum Gasteiger partial charge on any atom is 0.123 e. The summed E-state index contributed by atoms with van der Waals surface area (Å²) in [7, 11) is 0. The minimum atomic E-state index is -0.185. The number of thiazole rings is 1. The first-order valence-electron chi connectivity index (χ1n) is 6.03. The van der Waals surface area contributed by atoms with Crippen LogP contribution in [0.25, 0.3) is 0 Å². The van der Waals surface area contributed by atoms with Crippen molar-refractivity contribution in [1.82, 2.24) is 10.3 Å². The van der Waals surface area contributed by atoms with E-state index in [9.17, 15) is 4.39 Å². The fourth-order valence-electron chi connectivity index (χ4n) is 1.98. The zero-order valence-electron chi connectivity index (χ0n) is 10.6. The zero-order chi connectivity index (χ0) is 13.0. The summed E-state index contributed by atoms with van der Waals surface area (Å²) in [5, 5.41) is 5.55. The third kappa shape index (κ3) is 3.62. The molecule has 0 saturated carbocycles. The number of hydrogen-bond acceptors (Lipinski definition) is 3. The minimum absolute atomic E-state index is 0.185. The first kappa shape index (κ1) is 13.2. The van der Waals surface area contributed by atoms with Crippen LogP contribution in [-0.4, -0.2) is 11.0 Å². The van der Waals surface area contributed by atoms with E-state index >= 15 is 0 Å². The number of benzene rings is 1. The van der Waals surface area contributed by atoms with Crippen LogP contribution in [0, 0.1) is 5.82 Å². The Morgan fingerprint density at radius 3 is 2.61 bits per heavy atom. The van der Waals surface area contributed by atoms with Crippen molar-refractivity contribution in [2.75, 3.05) is 0 Å². The summed E-state index contributed by atoms with van der Waals surface area (Å²) in [4.78, 5) is 4.29. The van der Waals surface area contributed by atoms with Gasteiger partial charge in [-0.2, -0.15) is 0 Å². The molecule has 2 unspecified atom stereocenters. The van der Waals surface area contributed by atoms with Crippen LogP contribution in [-0.2, 0) is 6.42 Å². The number of nitrogens with zero attached hydrogens (tertiary/aromatic N) is 1. The van der Waals surface area contributed by atoms with Crippen LogP contribution in [0.5, 0.6) is 0 Å². The molecule has 4 heteroatoms. The van der Waals surface area contributed by atoms with Crippen molar-refractivity contribution in [1.29, 1.82) is 0 Å². The molecule has 96 valence electrons. The molecule has 0 aliphatic rings. The second kappa shape index (κ2) is 6.07. The Kier molecular flexibility index (Phi) is 4.44. The van der Waals surface area contributed by atoms with E-state index in [2.05, 4.69) is 29.5 Å². The first-order valence-corrected chi connectivity index (χ1v) is 6.98. The van der Waals surface area contributed by atoms with Gasteiger partial charge in [-0.25, -0.2) is 9.37 Å². The summed E-state index contributed by atoms with van der Waals surface area (Å²) in [5.74, 6) is -0.185. The number of nitrogens with one attached hydrogen (secondary N) is 1. The van der Waals surface area contributed by atoms with Gasteiger partial charge in [-0.05, 0) is 38.0 Å². The maximum absolute atomic E-state index is 12.8. The van der Waals surface area contributed by atoms with E-state index in [1.165, 1.54) is 12.1 Å². The molecular formula is C14H17FN2S. The molecule has 0 spiro atoms. The maximum atomic E-state index is 12.8. The van der Waals surface area contributed by atoms with Gasteiger partial charge in [0.1, 0.15) is 5.82 Å². The largest absolute Gasteiger partial charge is 0.306 e. The van der Waals surface area contributed by atoms with Gasteiger partial charge in [-0.3, -0.25) is 0 Å². The second-order valence-electron chi connectivity index (χ2n) is 4.53. The molecule has 1 N–H and O–H groups in total. The number of halogens is 1. The lowest BCUT2D eigenvalue weighted by Crippen LogP contribution is -2.30. The summed E-state index contributed by atoms with van der Waals surface area (Å²) in [6.07, 6.45) is 0.884. The highest BCUT2D eigenvalue weighted by atomic mass is 32.1. The van der Waals surface area contributed by atoms with E-state index in [0.717, 1.165) is 17.7 Å². The third-order valence-corrected chi connectivity index (χ3v) is 3.49. The molecule has 2 atom stereocenters. The van der Waals surface area contributed by atoms with Crippen molar-refractivity contribution in [3.05, 3.63) is 52.2 Å². The standard InChI is InChI=1S/C14H17FN2S/c1-10(7-12-3-5-13(15)6-4-12)17-11(2)14-8-18-9-16-14/h3-6,8-11,17H,7H2,1-2H3. The lowest BCUT2D eigenvalue weighted by atomic mass is 10.1. The monoisotopic (exact) mass is 264 g/mol. The highest BCUT2D eigenvalue weighted by Gasteiger charge is 2.11. The molecule has 2 aromatic rings. The van der Waals surface area contributed by atoms with Gasteiger partial charge < -0.3 is 5.32 Å². The topological polar surface area (TPSA) is 24.9 Å². The van der Waals surface area contributed by atoms with Crippen LogP contribution in [0.4, 0.5) is 4.39 Å². The molecule has 0 radical (unpaired) electrons. The Bertz CT molecular complexity index is 467. The van der Waals surface area contributed by atoms with Crippen LogP contribution < -0.4 is 5.32 Å². The third-order valence-electron chi connectivity index (χ3n) is 2.88. The molecule has 1 aromatic carbocycles. The predicted molar refractivity (Wildman–Crippen MR) is 73.2 cm³/mol. The smallest absolute Gasteiger partial charge is 0.123 e. The molecule has 1 heterocycles. The van der Waals surface area contributed by atoms with Gasteiger partial charge in [-0.15, -0.1) is 11.3 Å². The Hall–Kier alpha value is -1.26. The highest BCUT2D eigenvalue weighted by molar-refractivity contribution is 7.07. The van der Waals surface area contributed by atoms with Crippen LogP contribution in [0.15, 0.2) is 35.2 Å². The molecule has 0 fully saturated rings. The lowest BCUT2D eigenvalue weighted by Gasteiger charge is -2.18. The van der Waals surface area contributed by atoms with E-state index in [4.69, 9.17) is 0 Å². The van der Waals surface area contributed by atoms with Crippen molar-refractivity contribution in [3.63, 3.8) is 0 Å². The molecule has 0 bridgehead atoms. The molecule has 0 amide bonds. The first-order chi connectivity index (χ1) is 8.65. The van der Waals surface area contributed by atoms with Crippen molar-refractivity contribution in [2.45, 2.75) is 32.4 Å². The summed E-state index contributed by atoms with van der Waals surface area (Å²) in [6.45, 7) is 4.24. The van der Waals surface area contributed by atoms with Gasteiger partial charge in [0, 0.05) is 17.5 Å². The second-order valence-corrected chi connectivity index (χ2v) is 5.25. The van der Waals surface area contributed by atoms with Gasteiger partial charge in [0.25, 0.3) is 0 Å². The molecule has 1 aromatic heterocycles. The van der Waals surface area contributed by atoms with Crippen LogP contribution in [0.2, 0.25) is 0 Å². The fourth-order valence-corrected chi connectivity index (χ4v) is 2.63. The summed E-state index contributed by atoms with van der Waals surface area (Å²) in [6, 6.07) is 7.25. The number of hydrogen-bond donors (Lipinski definition) is 1. The molecule has 18 heavy (non-hydrogen) atoms. The minimum Gasteiger partial charge on any atom is -0.306 e. The average Bonchev–Trinajstić information content (AvgIpc) is 2.85. The van der Waals surface area contributed by atoms with Gasteiger partial charge in [-0.1, -0.05) is 12.1 Å². The molecule has 0 saturated heterocycles. The lowest BCUT2D eigenvalue weighted by molar-refractivity contribution is 0.471. The molecule has 0 aliphatic heterocycles. The summed E-state index contributed by atoms with van der Waals surface area (Å²) >= 11 is 1.61. The zero-order valence-corrected chi connectivity index (χ0v) is 11.4. The Morgan fingerprint density at radius 2 is 2.00 bits per heavy atom. The Morgan fingerprint density at radius 1 is 1.28 bits per heavy atom. The molecule has 0 aliphatic carbocycles. The quantitative estimate of drug-likeness (QED) is 0.893. The van der Waals surface area contributed by atoms with Gasteiger partial charge >= 0.3 is 0 Å². The van der Waals surface area contributed by atoms with Crippen molar-refractivity contribution in [2.24, 2.45) is 0 Å². The van der Waals surface area contributed by atoms with Gasteiger partial charge in [0.15, 0.2) is 0 Å². The molecule has 2 nitrogen and oxygen atoms in total. The summed E-state index contributed by atoms with van der Waals surface area (Å²) in [5.41, 5.74) is 4.06. The van der Waals surface area contributed by atoms with Crippen LogP contribution >= 0.6 is 11.3 Å². The highest BCUT2D eigenvalue weighted by Crippen LogP contribution is 2.14. The van der Waals surface area contributed by atoms with Crippen molar-refractivity contribution >= 4 is 11.3 Å². The van der Waals surface area contributed by atoms with E-state index < -0.39 is 0 Å². The number of rotatable bonds is 5. The van der Waals surface area contributed by atoms with Crippen molar-refractivity contribution in [3.8, 4) is 0 Å².